The summed E-state index contributed by atoms with van der Waals surface area (Å²) in [6.07, 6.45) is 0. The Morgan fingerprint density at radius 2 is 1.88 bits per heavy atom. The van der Waals surface area contributed by atoms with Gasteiger partial charge in [0.05, 0.1) is 20.3 Å². The minimum Gasteiger partial charge on any atom is -0.497 e. The third-order valence-corrected chi connectivity index (χ3v) is 4.03. The van der Waals surface area contributed by atoms with Crippen molar-refractivity contribution in [1.29, 1.82) is 0 Å². The molecule has 0 bridgehead atoms. The number of aromatic nitrogens is 1. The van der Waals surface area contributed by atoms with Gasteiger partial charge in [-0.25, -0.2) is 0 Å². The van der Waals surface area contributed by atoms with E-state index in [-0.39, 0.29) is 11.9 Å². The third-order valence-electron chi connectivity index (χ3n) is 4.03. The summed E-state index contributed by atoms with van der Waals surface area (Å²) in [7, 11) is 3.22. The van der Waals surface area contributed by atoms with Crippen molar-refractivity contribution in [1.82, 2.24) is 10.3 Å². The van der Waals surface area contributed by atoms with Gasteiger partial charge in [0.15, 0.2) is 0 Å². The van der Waals surface area contributed by atoms with E-state index < -0.39 is 0 Å². The van der Waals surface area contributed by atoms with Crippen molar-refractivity contribution < 1.29 is 14.3 Å². The maximum atomic E-state index is 12.5. The van der Waals surface area contributed by atoms with Gasteiger partial charge in [-0.05, 0) is 37.3 Å². The van der Waals surface area contributed by atoms with Crippen LogP contribution in [0.4, 0.5) is 0 Å². The molecule has 0 radical (unpaired) electrons. The number of amides is 1. The van der Waals surface area contributed by atoms with E-state index in [0.717, 1.165) is 22.2 Å². The zero-order chi connectivity index (χ0) is 17.1. The number of aromatic amines is 1. The Bertz CT molecular complexity index is 837. The number of ether oxygens (including phenoxy) is 2. The fourth-order valence-corrected chi connectivity index (χ4v) is 2.73. The first-order valence-corrected chi connectivity index (χ1v) is 7.73. The lowest BCUT2D eigenvalue weighted by atomic mass is 10.1. The van der Waals surface area contributed by atoms with Gasteiger partial charge in [0.2, 0.25) is 0 Å². The summed E-state index contributed by atoms with van der Waals surface area (Å²) in [6, 6.07) is 14.9. The summed E-state index contributed by atoms with van der Waals surface area (Å²) >= 11 is 0. The number of carbonyl (C=O) groups is 1. The Balaban J connectivity index is 1.83. The third kappa shape index (κ3) is 3.06. The molecule has 1 aromatic heterocycles. The quantitative estimate of drug-likeness (QED) is 0.752. The molecule has 0 aliphatic heterocycles. The second-order valence-electron chi connectivity index (χ2n) is 5.57. The van der Waals surface area contributed by atoms with Crippen molar-refractivity contribution in [2.24, 2.45) is 0 Å². The van der Waals surface area contributed by atoms with Crippen LogP contribution in [-0.4, -0.2) is 25.1 Å². The van der Waals surface area contributed by atoms with E-state index >= 15 is 0 Å². The lowest BCUT2D eigenvalue weighted by Crippen LogP contribution is -2.27. The molecule has 2 aromatic carbocycles. The van der Waals surface area contributed by atoms with Gasteiger partial charge in [0.25, 0.3) is 5.91 Å². The molecule has 124 valence electrons. The number of rotatable bonds is 5. The maximum absolute atomic E-state index is 12.5. The number of hydrogen-bond donors (Lipinski definition) is 2. The highest BCUT2D eigenvalue weighted by molar-refractivity contribution is 5.98. The molecular weight excluding hydrogens is 304 g/mol. The zero-order valence-corrected chi connectivity index (χ0v) is 13.9. The Morgan fingerprint density at radius 1 is 1.08 bits per heavy atom. The normalized spacial score (nSPS) is 12.0. The molecule has 24 heavy (non-hydrogen) atoms. The predicted molar refractivity (Wildman–Crippen MR) is 93.7 cm³/mol. The molecule has 5 heteroatoms. The van der Waals surface area contributed by atoms with Crippen molar-refractivity contribution in [2.45, 2.75) is 13.0 Å². The van der Waals surface area contributed by atoms with Crippen LogP contribution in [0.3, 0.4) is 0 Å². The maximum Gasteiger partial charge on any atom is 0.268 e. The molecule has 2 N–H and O–H groups in total. The molecule has 1 amide bonds. The summed E-state index contributed by atoms with van der Waals surface area (Å²) in [4.78, 5) is 15.7. The van der Waals surface area contributed by atoms with Gasteiger partial charge in [-0.2, -0.15) is 0 Å². The highest BCUT2D eigenvalue weighted by Crippen LogP contribution is 2.29. The van der Waals surface area contributed by atoms with Crippen molar-refractivity contribution in [3.8, 4) is 11.5 Å². The molecule has 0 saturated heterocycles. The summed E-state index contributed by atoms with van der Waals surface area (Å²) in [5.74, 6) is 1.27. The lowest BCUT2D eigenvalue weighted by molar-refractivity contribution is 0.0935. The molecule has 5 nitrogen and oxygen atoms in total. The Kier molecular flexibility index (Phi) is 4.42. The predicted octanol–water partition coefficient (Wildman–Crippen LogP) is 3.68. The topological polar surface area (TPSA) is 63.4 Å². The van der Waals surface area contributed by atoms with E-state index in [2.05, 4.69) is 10.3 Å². The van der Waals surface area contributed by atoms with Crippen LogP contribution in [0.1, 0.15) is 29.0 Å². The van der Waals surface area contributed by atoms with Crippen LogP contribution in [-0.2, 0) is 0 Å². The van der Waals surface area contributed by atoms with Gasteiger partial charge < -0.3 is 19.8 Å². The van der Waals surface area contributed by atoms with E-state index in [9.17, 15) is 4.79 Å². The van der Waals surface area contributed by atoms with Gasteiger partial charge in [-0.3, -0.25) is 4.79 Å². The Hall–Kier alpha value is -2.95. The number of benzene rings is 2. The van der Waals surface area contributed by atoms with Crippen molar-refractivity contribution in [3.63, 3.8) is 0 Å². The van der Waals surface area contributed by atoms with Gasteiger partial charge in [0, 0.05) is 16.5 Å². The largest absolute Gasteiger partial charge is 0.497 e. The molecule has 0 fully saturated rings. The van der Waals surface area contributed by atoms with Crippen LogP contribution >= 0.6 is 0 Å². The second kappa shape index (κ2) is 6.66. The van der Waals surface area contributed by atoms with Gasteiger partial charge in [0.1, 0.15) is 17.2 Å². The summed E-state index contributed by atoms with van der Waals surface area (Å²) in [5.41, 5.74) is 2.33. The number of carbonyl (C=O) groups excluding carboxylic acids is 1. The number of fused-ring (bicyclic) bond motifs is 1. The average Bonchev–Trinajstić information content (AvgIpc) is 3.05. The summed E-state index contributed by atoms with van der Waals surface area (Å²) < 4.78 is 10.6. The minimum absolute atomic E-state index is 0.163. The van der Waals surface area contributed by atoms with Crippen molar-refractivity contribution in [3.05, 3.63) is 59.8 Å². The van der Waals surface area contributed by atoms with E-state index in [0.29, 0.717) is 11.4 Å². The average molecular weight is 324 g/mol. The molecule has 0 spiro atoms. The van der Waals surface area contributed by atoms with E-state index in [1.165, 1.54) is 0 Å². The molecule has 0 saturated carbocycles. The number of H-pyrrole nitrogens is 1. The van der Waals surface area contributed by atoms with Crippen LogP contribution < -0.4 is 14.8 Å². The second-order valence-corrected chi connectivity index (χ2v) is 5.57. The summed E-state index contributed by atoms with van der Waals surface area (Å²) in [6.45, 7) is 1.91. The van der Waals surface area contributed by atoms with Crippen molar-refractivity contribution >= 4 is 16.8 Å². The van der Waals surface area contributed by atoms with E-state index in [1.807, 2.05) is 55.5 Å². The smallest absolute Gasteiger partial charge is 0.268 e. The Morgan fingerprint density at radius 3 is 2.58 bits per heavy atom. The first kappa shape index (κ1) is 15.9. The SMILES string of the molecule is COc1ccc(OC)c([C@H](C)NC(=O)c2cc3ccccc3[nH]2)c1. The zero-order valence-electron chi connectivity index (χ0n) is 13.9. The fourth-order valence-electron chi connectivity index (χ4n) is 2.73. The van der Waals surface area contributed by atoms with Gasteiger partial charge in [-0.1, -0.05) is 18.2 Å². The number of methoxy groups -OCH3 is 2. The van der Waals surface area contributed by atoms with E-state index in [1.54, 1.807) is 14.2 Å². The molecule has 3 aromatic rings. The Labute approximate surface area is 140 Å². The van der Waals surface area contributed by atoms with Gasteiger partial charge in [-0.15, -0.1) is 0 Å². The molecule has 1 atom stereocenters. The monoisotopic (exact) mass is 324 g/mol. The molecule has 0 aliphatic carbocycles. The number of hydrogen-bond acceptors (Lipinski definition) is 3. The number of para-hydroxylation sites is 1. The highest BCUT2D eigenvalue weighted by Gasteiger charge is 2.17. The molecular formula is C19H20N2O3. The van der Waals surface area contributed by atoms with Crippen molar-refractivity contribution in [2.75, 3.05) is 14.2 Å². The standard InChI is InChI=1S/C19H20N2O3/c1-12(15-11-14(23-2)8-9-18(15)24-3)20-19(22)17-10-13-6-4-5-7-16(13)21-17/h4-12,21H,1-3H3,(H,20,22)/t12-/m0/s1. The first-order chi connectivity index (χ1) is 11.6. The molecule has 0 aliphatic rings. The van der Waals surface area contributed by atoms with Gasteiger partial charge >= 0.3 is 0 Å². The van der Waals surface area contributed by atoms with Crippen LogP contribution in [0.2, 0.25) is 0 Å². The molecule has 1 heterocycles. The summed E-state index contributed by atoms with van der Waals surface area (Å²) in [5, 5.41) is 4.00. The van der Waals surface area contributed by atoms with E-state index in [4.69, 9.17) is 9.47 Å². The molecule has 0 unspecified atom stereocenters. The first-order valence-electron chi connectivity index (χ1n) is 7.73. The number of nitrogens with one attached hydrogen (secondary N) is 2. The van der Waals surface area contributed by atoms with Crippen LogP contribution in [0.5, 0.6) is 11.5 Å². The van der Waals surface area contributed by atoms with Crippen LogP contribution in [0.15, 0.2) is 48.5 Å². The molecule has 3 rings (SSSR count). The van der Waals surface area contributed by atoms with Crippen LogP contribution in [0, 0.1) is 0 Å². The lowest BCUT2D eigenvalue weighted by Gasteiger charge is -2.18. The minimum atomic E-state index is -0.228. The highest BCUT2D eigenvalue weighted by atomic mass is 16.5. The fraction of sp³-hybridized carbons (Fsp3) is 0.211. The van der Waals surface area contributed by atoms with Crippen LogP contribution in [0.25, 0.3) is 10.9 Å².